The monoisotopic (exact) mass is 235 g/mol. The van der Waals surface area contributed by atoms with Gasteiger partial charge in [0.05, 0.1) is 11.8 Å². The number of rotatable bonds is 3. The van der Waals surface area contributed by atoms with Crippen LogP contribution >= 0.6 is 0 Å². The third-order valence-electron chi connectivity index (χ3n) is 3.58. The van der Waals surface area contributed by atoms with Crippen molar-refractivity contribution in [1.29, 1.82) is 0 Å². The maximum absolute atomic E-state index is 12.1. The molecular formula is C13H21N3O. The van der Waals surface area contributed by atoms with Crippen LogP contribution in [0.2, 0.25) is 0 Å². The number of hydrogen-bond acceptors (Lipinski definition) is 2. The van der Waals surface area contributed by atoms with E-state index in [1.807, 2.05) is 4.90 Å². The fourth-order valence-corrected chi connectivity index (χ4v) is 2.62. The second-order valence-electron chi connectivity index (χ2n) is 4.86. The molecule has 1 aliphatic heterocycles. The Kier molecular flexibility index (Phi) is 4.18. The van der Waals surface area contributed by atoms with E-state index < -0.39 is 0 Å². The van der Waals surface area contributed by atoms with Crippen molar-refractivity contribution in [2.45, 2.75) is 39.0 Å². The first-order valence-electron chi connectivity index (χ1n) is 6.59. The molecule has 1 aromatic rings. The summed E-state index contributed by atoms with van der Waals surface area (Å²) in [7, 11) is 0. The first-order chi connectivity index (χ1) is 8.31. The van der Waals surface area contributed by atoms with Gasteiger partial charge in [0, 0.05) is 19.3 Å². The molecule has 4 heteroatoms. The molecule has 0 aromatic carbocycles. The molecule has 1 aromatic heterocycles. The van der Waals surface area contributed by atoms with Gasteiger partial charge in [0.25, 0.3) is 5.91 Å². The third kappa shape index (κ3) is 3.08. The van der Waals surface area contributed by atoms with E-state index in [4.69, 9.17) is 0 Å². The summed E-state index contributed by atoms with van der Waals surface area (Å²) in [6.45, 7) is 4.03. The second-order valence-corrected chi connectivity index (χ2v) is 4.86. The number of likely N-dealkylation sites (tertiary alicyclic amines) is 1. The van der Waals surface area contributed by atoms with E-state index in [0.717, 1.165) is 31.8 Å². The molecule has 1 aliphatic rings. The Balaban J connectivity index is 1.92. The normalized spacial score (nSPS) is 21.2. The van der Waals surface area contributed by atoms with Crippen molar-refractivity contribution in [1.82, 2.24) is 15.1 Å². The van der Waals surface area contributed by atoms with Crippen LogP contribution in [0.1, 0.15) is 49.4 Å². The Hall–Kier alpha value is -1.32. The lowest BCUT2D eigenvalue weighted by Crippen LogP contribution is -2.31. The first-order valence-corrected chi connectivity index (χ1v) is 6.59. The lowest BCUT2D eigenvalue weighted by Gasteiger charge is -2.19. The minimum Gasteiger partial charge on any atom is -0.339 e. The number of carbonyl (C=O) groups excluding carboxylic acids is 1. The Morgan fingerprint density at radius 3 is 3.12 bits per heavy atom. The number of amides is 1. The zero-order chi connectivity index (χ0) is 12.1. The van der Waals surface area contributed by atoms with Gasteiger partial charge in [-0.2, -0.15) is 5.10 Å². The van der Waals surface area contributed by atoms with Gasteiger partial charge in [0.2, 0.25) is 0 Å². The first kappa shape index (κ1) is 12.1. The maximum Gasteiger partial charge on any atom is 0.257 e. The summed E-state index contributed by atoms with van der Waals surface area (Å²) in [4.78, 5) is 14.1. The number of hydrogen-bond donors (Lipinski definition) is 1. The van der Waals surface area contributed by atoms with Crippen LogP contribution in [0.4, 0.5) is 0 Å². The molecule has 1 fully saturated rings. The number of nitrogens with zero attached hydrogens (tertiary/aromatic N) is 2. The molecule has 17 heavy (non-hydrogen) atoms. The second kappa shape index (κ2) is 5.84. The lowest BCUT2D eigenvalue weighted by atomic mass is 9.96. The Morgan fingerprint density at radius 2 is 2.41 bits per heavy atom. The topological polar surface area (TPSA) is 49.0 Å². The van der Waals surface area contributed by atoms with Gasteiger partial charge in [-0.1, -0.05) is 19.8 Å². The van der Waals surface area contributed by atoms with Gasteiger partial charge in [0.15, 0.2) is 0 Å². The average molecular weight is 235 g/mol. The molecule has 4 nitrogen and oxygen atoms in total. The van der Waals surface area contributed by atoms with E-state index in [9.17, 15) is 4.79 Å². The fourth-order valence-electron chi connectivity index (χ4n) is 2.62. The van der Waals surface area contributed by atoms with Crippen molar-refractivity contribution in [3.05, 3.63) is 18.0 Å². The van der Waals surface area contributed by atoms with Crippen molar-refractivity contribution in [2.24, 2.45) is 5.92 Å². The molecule has 0 radical (unpaired) electrons. The standard InChI is InChI=1S/C13H21N3O/c1-2-4-11-5-3-7-16(8-6-11)13(17)12-9-14-15-10-12/h9-11H,2-8H2,1H3,(H,14,15). The number of aromatic amines is 1. The van der Waals surface area contributed by atoms with Gasteiger partial charge in [-0.05, 0) is 25.2 Å². The van der Waals surface area contributed by atoms with Crippen LogP contribution in [0.3, 0.4) is 0 Å². The Labute approximate surface area is 102 Å². The van der Waals surface area contributed by atoms with E-state index in [0.29, 0.717) is 5.56 Å². The van der Waals surface area contributed by atoms with Gasteiger partial charge in [-0.3, -0.25) is 9.89 Å². The molecule has 0 bridgehead atoms. The van der Waals surface area contributed by atoms with Crippen LogP contribution in [0, 0.1) is 5.92 Å². The zero-order valence-corrected chi connectivity index (χ0v) is 10.5. The highest BCUT2D eigenvalue weighted by Crippen LogP contribution is 2.22. The molecule has 1 saturated heterocycles. The summed E-state index contributed by atoms with van der Waals surface area (Å²) in [6.07, 6.45) is 9.39. The summed E-state index contributed by atoms with van der Waals surface area (Å²) < 4.78 is 0. The van der Waals surface area contributed by atoms with Crippen LogP contribution in [-0.2, 0) is 0 Å². The van der Waals surface area contributed by atoms with Gasteiger partial charge in [-0.25, -0.2) is 0 Å². The van der Waals surface area contributed by atoms with E-state index in [1.54, 1.807) is 12.4 Å². The number of nitrogens with one attached hydrogen (secondary N) is 1. The molecule has 0 saturated carbocycles. The minimum absolute atomic E-state index is 0.121. The van der Waals surface area contributed by atoms with Crippen molar-refractivity contribution in [3.8, 4) is 0 Å². The van der Waals surface area contributed by atoms with E-state index in [1.165, 1.54) is 19.3 Å². The molecular weight excluding hydrogens is 214 g/mol. The van der Waals surface area contributed by atoms with Crippen molar-refractivity contribution < 1.29 is 4.79 Å². The molecule has 0 aliphatic carbocycles. The van der Waals surface area contributed by atoms with Crippen molar-refractivity contribution in [2.75, 3.05) is 13.1 Å². The quantitative estimate of drug-likeness (QED) is 0.874. The molecule has 1 unspecified atom stereocenters. The summed E-state index contributed by atoms with van der Waals surface area (Å²) in [6, 6.07) is 0. The maximum atomic E-state index is 12.1. The summed E-state index contributed by atoms with van der Waals surface area (Å²) in [5.41, 5.74) is 0.680. The van der Waals surface area contributed by atoms with Crippen molar-refractivity contribution >= 4 is 5.91 Å². The predicted molar refractivity (Wildman–Crippen MR) is 66.7 cm³/mol. The highest BCUT2D eigenvalue weighted by atomic mass is 16.2. The summed E-state index contributed by atoms with van der Waals surface area (Å²) >= 11 is 0. The summed E-state index contributed by atoms with van der Waals surface area (Å²) in [5.74, 6) is 0.929. The molecule has 1 atom stereocenters. The molecule has 1 amide bonds. The van der Waals surface area contributed by atoms with Crippen LogP contribution in [0.25, 0.3) is 0 Å². The molecule has 2 heterocycles. The van der Waals surface area contributed by atoms with Crippen LogP contribution in [-0.4, -0.2) is 34.1 Å². The Morgan fingerprint density at radius 1 is 1.53 bits per heavy atom. The number of aromatic nitrogens is 2. The SMILES string of the molecule is CCCC1CCCN(C(=O)c2cn[nH]c2)CC1. The third-order valence-corrected chi connectivity index (χ3v) is 3.58. The van der Waals surface area contributed by atoms with Crippen LogP contribution in [0.5, 0.6) is 0 Å². The molecule has 0 spiro atoms. The van der Waals surface area contributed by atoms with E-state index in [2.05, 4.69) is 17.1 Å². The lowest BCUT2D eigenvalue weighted by molar-refractivity contribution is 0.0760. The highest BCUT2D eigenvalue weighted by molar-refractivity contribution is 5.93. The smallest absolute Gasteiger partial charge is 0.257 e. The average Bonchev–Trinajstić information content (AvgIpc) is 2.76. The minimum atomic E-state index is 0.121. The van der Waals surface area contributed by atoms with E-state index in [-0.39, 0.29) is 5.91 Å². The molecule has 94 valence electrons. The largest absolute Gasteiger partial charge is 0.339 e. The highest BCUT2D eigenvalue weighted by Gasteiger charge is 2.21. The van der Waals surface area contributed by atoms with Crippen LogP contribution in [0.15, 0.2) is 12.4 Å². The Bertz CT molecular complexity index is 348. The fraction of sp³-hybridized carbons (Fsp3) is 0.692. The molecule has 1 N–H and O–H groups in total. The van der Waals surface area contributed by atoms with Gasteiger partial charge >= 0.3 is 0 Å². The van der Waals surface area contributed by atoms with Gasteiger partial charge in [-0.15, -0.1) is 0 Å². The predicted octanol–water partition coefficient (Wildman–Crippen LogP) is 2.45. The zero-order valence-electron chi connectivity index (χ0n) is 10.5. The summed E-state index contributed by atoms with van der Waals surface area (Å²) in [5, 5.41) is 6.53. The molecule has 2 rings (SSSR count). The van der Waals surface area contributed by atoms with Crippen LogP contribution < -0.4 is 0 Å². The van der Waals surface area contributed by atoms with E-state index >= 15 is 0 Å². The number of carbonyl (C=O) groups is 1. The number of H-pyrrole nitrogens is 1. The van der Waals surface area contributed by atoms with Gasteiger partial charge in [0.1, 0.15) is 0 Å². The van der Waals surface area contributed by atoms with Crippen molar-refractivity contribution in [3.63, 3.8) is 0 Å². The van der Waals surface area contributed by atoms with Gasteiger partial charge < -0.3 is 4.90 Å².